The number of Topliss-reactive ketones (excluding diaryl/α,β-unsaturated/α-hetero) is 1. The van der Waals surface area contributed by atoms with Crippen molar-refractivity contribution in [3.63, 3.8) is 0 Å². The number of aliphatic hydroxyl groups excluding tert-OH is 1. The number of amides is 1. The highest BCUT2D eigenvalue weighted by atomic mass is 35.5. The fourth-order valence-corrected chi connectivity index (χ4v) is 4.13. The number of aryl methyl sites for hydroxylation is 1. The van der Waals surface area contributed by atoms with E-state index < -0.39 is 23.5 Å². The van der Waals surface area contributed by atoms with E-state index in [9.17, 15) is 14.7 Å². The molecule has 0 aliphatic carbocycles. The zero-order valence-corrected chi connectivity index (χ0v) is 19.8. The van der Waals surface area contributed by atoms with Crippen molar-refractivity contribution in [2.75, 3.05) is 18.1 Å². The standard InChI is InChI=1S/C26H24ClNO6/c1-4-32-17-9-7-16(8-10-17)28-23(21-13-6-15(3)34-21)22(25(30)26(28)31)24(29)19-14-18(33-5-2)11-12-20(19)27/h6-14,23,29H,4-5H2,1-3H3/b24-22+. The van der Waals surface area contributed by atoms with E-state index in [0.29, 0.717) is 41.9 Å². The third-order valence-corrected chi connectivity index (χ3v) is 5.73. The average Bonchev–Trinajstić information content (AvgIpc) is 3.36. The summed E-state index contributed by atoms with van der Waals surface area (Å²) < 4.78 is 16.8. The van der Waals surface area contributed by atoms with Gasteiger partial charge in [-0.15, -0.1) is 0 Å². The molecule has 1 fully saturated rings. The predicted molar refractivity (Wildman–Crippen MR) is 128 cm³/mol. The summed E-state index contributed by atoms with van der Waals surface area (Å²) in [7, 11) is 0. The van der Waals surface area contributed by atoms with Gasteiger partial charge in [0.05, 0.1) is 23.8 Å². The molecule has 1 aliphatic heterocycles. The fraction of sp³-hybridized carbons (Fsp3) is 0.231. The Kier molecular flexibility index (Phi) is 6.65. The molecule has 4 rings (SSSR count). The molecule has 1 unspecified atom stereocenters. The lowest BCUT2D eigenvalue weighted by Crippen LogP contribution is -2.29. The van der Waals surface area contributed by atoms with Crippen LogP contribution < -0.4 is 14.4 Å². The number of ether oxygens (including phenoxy) is 2. The van der Waals surface area contributed by atoms with E-state index in [2.05, 4.69) is 0 Å². The van der Waals surface area contributed by atoms with Gasteiger partial charge in [-0.2, -0.15) is 0 Å². The quantitative estimate of drug-likeness (QED) is 0.266. The summed E-state index contributed by atoms with van der Waals surface area (Å²) in [5.41, 5.74) is 0.521. The van der Waals surface area contributed by atoms with Gasteiger partial charge in [0.1, 0.15) is 34.8 Å². The molecule has 1 saturated heterocycles. The molecule has 1 atom stereocenters. The van der Waals surface area contributed by atoms with E-state index in [1.54, 1.807) is 55.5 Å². The maximum absolute atomic E-state index is 13.2. The van der Waals surface area contributed by atoms with Crippen LogP contribution in [0.25, 0.3) is 5.76 Å². The highest BCUT2D eigenvalue weighted by Crippen LogP contribution is 2.44. The van der Waals surface area contributed by atoms with Gasteiger partial charge >= 0.3 is 0 Å². The van der Waals surface area contributed by atoms with Gasteiger partial charge in [0, 0.05) is 11.3 Å². The Morgan fingerprint density at radius 2 is 1.65 bits per heavy atom. The lowest BCUT2D eigenvalue weighted by Gasteiger charge is -2.23. The van der Waals surface area contributed by atoms with E-state index in [1.165, 1.54) is 11.0 Å². The maximum atomic E-state index is 13.2. The van der Waals surface area contributed by atoms with Gasteiger partial charge in [-0.1, -0.05) is 11.6 Å². The van der Waals surface area contributed by atoms with E-state index >= 15 is 0 Å². The molecule has 1 aromatic heterocycles. The number of benzene rings is 2. The molecule has 3 aromatic rings. The molecular weight excluding hydrogens is 458 g/mol. The molecule has 0 spiro atoms. The van der Waals surface area contributed by atoms with E-state index in [-0.39, 0.29) is 16.2 Å². The Balaban J connectivity index is 1.89. The lowest BCUT2D eigenvalue weighted by molar-refractivity contribution is -0.132. The smallest absolute Gasteiger partial charge is 0.300 e. The van der Waals surface area contributed by atoms with Crippen LogP contribution in [0.15, 0.2) is 64.6 Å². The van der Waals surface area contributed by atoms with Crippen molar-refractivity contribution < 1.29 is 28.6 Å². The molecule has 176 valence electrons. The lowest BCUT2D eigenvalue weighted by atomic mass is 9.99. The van der Waals surface area contributed by atoms with Crippen molar-refractivity contribution >= 4 is 34.7 Å². The van der Waals surface area contributed by atoms with Crippen LogP contribution >= 0.6 is 11.6 Å². The zero-order chi connectivity index (χ0) is 24.4. The van der Waals surface area contributed by atoms with Crippen LogP contribution in [0.1, 0.15) is 37.0 Å². The van der Waals surface area contributed by atoms with E-state index in [4.69, 9.17) is 25.5 Å². The Bertz CT molecular complexity index is 1260. The number of hydrogen-bond donors (Lipinski definition) is 1. The van der Waals surface area contributed by atoms with Crippen LogP contribution in [0.4, 0.5) is 5.69 Å². The minimum atomic E-state index is -0.988. The molecule has 2 aromatic carbocycles. The zero-order valence-electron chi connectivity index (χ0n) is 19.0. The van der Waals surface area contributed by atoms with Crippen LogP contribution in [0.3, 0.4) is 0 Å². The Morgan fingerprint density at radius 3 is 2.26 bits per heavy atom. The number of ketones is 1. The van der Waals surface area contributed by atoms with Crippen LogP contribution in [0.2, 0.25) is 5.02 Å². The van der Waals surface area contributed by atoms with Crippen LogP contribution in [0.5, 0.6) is 11.5 Å². The van der Waals surface area contributed by atoms with Crippen LogP contribution in [-0.4, -0.2) is 30.0 Å². The van der Waals surface area contributed by atoms with Crippen molar-refractivity contribution in [1.82, 2.24) is 0 Å². The van der Waals surface area contributed by atoms with Gasteiger partial charge in [-0.3, -0.25) is 14.5 Å². The Morgan fingerprint density at radius 1 is 1.00 bits per heavy atom. The number of carbonyl (C=O) groups is 2. The molecule has 7 nitrogen and oxygen atoms in total. The molecule has 1 aliphatic rings. The fourth-order valence-electron chi connectivity index (χ4n) is 3.93. The highest BCUT2D eigenvalue weighted by Gasteiger charge is 2.48. The van der Waals surface area contributed by atoms with Crippen molar-refractivity contribution in [3.8, 4) is 11.5 Å². The van der Waals surface area contributed by atoms with Gasteiger partial charge in [0.2, 0.25) is 0 Å². The minimum Gasteiger partial charge on any atom is -0.507 e. The number of carbonyl (C=O) groups excluding carboxylic acids is 2. The number of halogens is 1. The second-order valence-electron chi connectivity index (χ2n) is 7.62. The summed E-state index contributed by atoms with van der Waals surface area (Å²) >= 11 is 6.36. The van der Waals surface area contributed by atoms with E-state index in [1.807, 2.05) is 13.8 Å². The molecule has 0 radical (unpaired) electrons. The monoisotopic (exact) mass is 481 g/mol. The number of aliphatic hydroxyl groups is 1. The first-order valence-corrected chi connectivity index (χ1v) is 11.3. The van der Waals surface area contributed by atoms with Crippen LogP contribution in [0, 0.1) is 6.92 Å². The molecule has 34 heavy (non-hydrogen) atoms. The summed E-state index contributed by atoms with van der Waals surface area (Å²) in [6.07, 6.45) is 0. The summed E-state index contributed by atoms with van der Waals surface area (Å²) in [6.45, 7) is 6.37. The summed E-state index contributed by atoms with van der Waals surface area (Å²) in [5.74, 6) is 0.00256. The molecule has 8 heteroatoms. The summed E-state index contributed by atoms with van der Waals surface area (Å²) in [5, 5.41) is 11.5. The molecule has 1 N–H and O–H groups in total. The normalized spacial score (nSPS) is 17.3. The van der Waals surface area contributed by atoms with Gasteiger partial charge in [-0.25, -0.2) is 0 Å². The number of furan rings is 1. The summed E-state index contributed by atoms with van der Waals surface area (Å²) in [4.78, 5) is 27.8. The average molecular weight is 482 g/mol. The number of anilines is 1. The third-order valence-electron chi connectivity index (χ3n) is 5.40. The molecule has 1 amide bonds. The van der Waals surface area contributed by atoms with Crippen LogP contribution in [-0.2, 0) is 9.59 Å². The maximum Gasteiger partial charge on any atom is 0.300 e. The van der Waals surface area contributed by atoms with Gasteiger partial charge < -0.3 is 19.0 Å². The molecule has 2 heterocycles. The highest BCUT2D eigenvalue weighted by molar-refractivity contribution is 6.52. The predicted octanol–water partition coefficient (Wildman–Crippen LogP) is 5.67. The SMILES string of the molecule is CCOc1ccc(N2C(=O)C(=O)/C(=C(/O)c3cc(OCC)ccc3Cl)C2c2ccc(C)o2)cc1. The van der Waals surface area contributed by atoms with Gasteiger partial charge in [-0.05, 0) is 75.4 Å². The Labute approximate surface area is 202 Å². The molecular formula is C26H24ClNO6. The van der Waals surface area contributed by atoms with Crippen molar-refractivity contribution in [1.29, 1.82) is 0 Å². The Hall–Kier alpha value is -3.71. The second-order valence-corrected chi connectivity index (χ2v) is 8.03. The summed E-state index contributed by atoms with van der Waals surface area (Å²) in [6, 6.07) is 14.0. The molecule has 0 saturated carbocycles. The number of hydrogen-bond acceptors (Lipinski definition) is 6. The first-order valence-electron chi connectivity index (χ1n) is 10.9. The second kappa shape index (κ2) is 9.65. The number of nitrogens with zero attached hydrogens (tertiary/aromatic N) is 1. The van der Waals surface area contributed by atoms with Crippen molar-refractivity contribution in [3.05, 3.63) is 82.3 Å². The topological polar surface area (TPSA) is 89.2 Å². The molecule has 0 bridgehead atoms. The first kappa shape index (κ1) is 23.4. The van der Waals surface area contributed by atoms with Crippen molar-refractivity contribution in [2.24, 2.45) is 0 Å². The van der Waals surface area contributed by atoms with Gasteiger partial charge in [0.15, 0.2) is 0 Å². The largest absolute Gasteiger partial charge is 0.507 e. The third kappa shape index (κ3) is 4.26. The van der Waals surface area contributed by atoms with Crippen molar-refractivity contribution in [2.45, 2.75) is 26.8 Å². The first-order chi connectivity index (χ1) is 16.3. The van der Waals surface area contributed by atoms with E-state index in [0.717, 1.165) is 0 Å². The minimum absolute atomic E-state index is 0.121. The van der Waals surface area contributed by atoms with Gasteiger partial charge in [0.25, 0.3) is 11.7 Å². The number of rotatable bonds is 7.